The Morgan fingerprint density at radius 2 is 1.88 bits per heavy atom. The molecule has 0 amide bonds. The van der Waals surface area contributed by atoms with Gasteiger partial charge in [0, 0.05) is 19.0 Å². The molecule has 0 aliphatic heterocycles. The summed E-state index contributed by atoms with van der Waals surface area (Å²) in [5, 5.41) is 0.609. The van der Waals surface area contributed by atoms with Gasteiger partial charge < -0.3 is 4.90 Å². The highest BCUT2D eigenvalue weighted by Gasteiger charge is 2.13. The second-order valence-electron chi connectivity index (χ2n) is 5.91. The van der Waals surface area contributed by atoms with Gasteiger partial charge in [-0.2, -0.15) is 0 Å². The Hall–Kier alpha value is -2.72. The van der Waals surface area contributed by atoms with Crippen LogP contribution in [0.3, 0.4) is 0 Å². The molecule has 0 aliphatic rings. The first-order valence-corrected chi connectivity index (χ1v) is 8.29. The van der Waals surface area contributed by atoms with Gasteiger partial charge in [0.2, 0.25) is 0 Å². The Balaban J connectivity index is 1.85. The van der Waals surface area contributed by atoms with E-state index in [4.69, 9.17) is 11.6 Å². The zero-order chi connectivity index (χ0) is 17.8. The fourth-order valence-corrected chi connectivity index (χ4v) is 2.88. The maximum atomic E-state index is 12.5. The fourth-order valence-electron chi connectivity index (χ4n) is 2.63. The van der Waals surface area contributed by atoms with E-state index in [9.17, 15) is 4.79 Å². The van der Waals surface area contributed by atoms with Crippen LogP contribution in [0.25, 0.3) is 0 Å². The van der Waals surface area contributed by atoms with Crippen LogP contribution in [0.4, 0.5) is 11.4 Å². The standard InChI is InChI=1S/C20H18ClN3O/c1-14-4-3-5-16(8-14)20(25)10-15-6-7-18(21)19(9-15)24(2)17-11-22-13-23-12-17/h3-9,11-13H,10H2,1-2H3. The van der Waals surface area contributed by atoms with Crippen LogP contribution in [-0.2, 0) is 6.42 Å². The lowest BCUT2D eigenvalue weighted by molar-refractivity contribution is 0.0993. The smallest absolute Gasteiger partial charge is 0.167 e. The summed E-state index contributed by atoms with van der Waals surface area (Å²) in [5.41, 5.74) is 4.35. The molecule has 1 heterocycles. The van der Waals surface area contributed by atoms with E-state index in [-0.39, 0.29) is 5.78 Å². The first-order valence-electron chi connectivity index (χ1n) is 7.91. The zero-order valence-corrected chi connectivity index (χ0v) is 14.9. The quantitative estimate of drug-likeness (QED) is 0.628. The van der Waals surface area contributed by atoms with Gasteiger partial charge in [-0.3, -0.25) is 4.79 Å². The van der Waals surface area contributed by atoms with Crippen molar-refractivity contribution in [2.75, 3.05) is 11.9 Å². The van der Waals surface area contributed by atoms with Crippen molar-refractivity contribution in [2.24, 2.45) is 0 Å². The third-order valence-corrected chi connectivity index (χ3v) is 4.33. The van der Waals surface area contributed by atoms with Gasteiger partial charge in [0.15, 0.2) is 5.78 Å². The summed E-state index contributed by atoms with van der Waals surface area (Å²) in [5.74, 6) is 0.0858. The number of aromatic nitrogens is 2. The number of aryl methyl sites for hydroxylation is 1. The average Bonchev–Trinajstić information content (AvgIpc) is 2.63. The number of carbonyl (C=O) groups is 1. The van der Waals surface area contributed by atoms with Gasteiger partial charge in [-0.15, -0.1) is 0 Å². The van der Waals surface area contributed by atoms with Crippen molar-refractivity contribution < 1.29 is 4.79 Å². The number of anilines is 2. The maximum absolute atomic E-state index is 12.5. The van der Waals surface area contributed by atoms with Crippen LogP contribution < -0.4 is 4.90 Å². The Bertz CT molecular complexity index is 896. The Morgan fingerprint density at radius 3 is 2.60 bits per heavy atom. The molecule has 1 aromatic heterocycles. The minimum Gasteiger partial charge on any atom is -0.341 e. The van der Waals surface area contributed by atoms with Crippen molar-refractivity contribution >= 4 is 28.8 Å². The number of carbonyl (C=O) groups excluding carboxylic acids is 1. The van der Waals surface area contributed by atoms with Crippen LogP contribution >= 0.6 is 11.6 Å². The number of benzene rings is 2. The van der Waals surface area contributed by atoms with E-state index in [0.29, 0.717) is 11.4 Å². The van der Waals surface area contributed by atoms with Gasteiger partial charge in [-0.05, 0) is 30.7 Å². The summed E-state index contributed by atoms with van der Waals surface area (Å²) < 4.78 is 0. The molecule has 0 unspecified atom stereocenters. The van der Waals surface area contributed by atoms with Gasteiger partial charge in [0.25, 0.3) is 0 Å². The van der Waals surface area contributed by atoms with E-state index in [1.807, 2.05) is 61.3 Å². The molecule has 0 bridgehead atoms. The minimum atomic E-state index is 0.0858. The van der Waals surface area contributed by atoms with E-state index >= 15 is 0 Å². The molecule has 0 N–H and O–H groups in total. The molecule has 0 saturated carbocycles. The minimum absolute atomic E-state index is 0.0858. The SMILES string of the molecule is Cc1cccc(C(=O)Cc2ccc(Cl)c(N(C)c3cncnc3)c2)c1. The Kier molecular flexibility index (Phi) is 5.10. The Labute approximate surface area is 152 Å². The number of nitrogens with zero attached hydrogens (tertiary/aromatic N) is 3. The molecule has 5 heteroatoms. The van der Waals surface area contributed by atoms with Gasteiger partial charge >= 0.3 is 0 Å². The zero-order valence-electron chi connectivity index (χ0n) is 14.1. The monoisotopic (exact) mass is 351 g/mol. The lowest BCUT2D eigenvalue weighted by Crippen LogP contribution is -2.11. The number of ketones is 1. The molecule has 4 nitrogen and oxygen atoms in total. The molecule has 2 aromatic carbocycles. The second kappa shape index (κ2) is 7.45. The van der Waals surface area contributed by atoms with Crippen molar-refractivity contribution in [1.29, 1.82) is 0 Å². The molecular weight excluding hydrogens is 334 g/mol. The number of hydrogen-bond acceptors (Lipinski definition) is 4. The number of rotatable bonds is 5. The van der Waals surface area contributed by atoms with Crippen LogP contribution in [-0.4, -0.2) is 22.8 Å². The molecule has 0 spiro atoms. The lowest BCUT2D eigenvalue weighted by Gasteiger charge is -2.20. The molecule has 3 rings (SSSR count). The Morgan fingerprint density at radius 1 is 1.12 bits per heavy atom. The van der Waals surface area contributed by atoms with Crippen LogP contribution in [0.2, 0.25) is 5.02 Å². The molecule has 0 aliphatic carbocycles. The number of hydrogen-bond donors (Lipinski definition) is 0. The van der Waals surface area contributed by atoms with Gasteiger partial charge in [-0.25, -0.2) is 9.97 Å². The first kappa shape index (κ1) is 17.1. The van der Waals surface area contributed by atoms with Crippen LogP contribution in [0, 0.1) is 6.92 Å². The van der Waals surface area contributed by atoms with E-state index < -0.39 is 0 Å². The predicted molar refractivity (Wildman–Crippen MR) is 101 cm³/mol. The van der Waals surface area contributed by atoms with E-state index in [0.717, 1.165) is 28.1 Å². The molecule has 0 saturated heterocycles. The highest BCUT2D eigenvalue weighted by Crippen LogP contribution is 2.31. The summed E-state index contributed by atoms with van der Waals surface area (Å²) in [6.45, 7) is 1.98. The fraction of sp³-hybridized carbons (Fsp3) is 0.150. The molecule has 0 radical (unpaired) electrons. The molecule has 25 heavy (non-hydrogen) atoms. The van der Waals surface area contributed by atoms with E-state index in [1.54, 1.807) is 12.4 Å². The normalized spacial score (nSPS) is 10.5. The second-order valence-corrected chi connectivity index (χ2v) is 6.32. The lowest BCUT2D eigenvalue weighted by atomic mass is 10.0. The topological polar surface area (TPSA) is 46.1 Å². The van der Waals surface area contributed by atoms with E-state index in [2.05, 4.69) is 9.97 Å². The van der Waals surface area contributed by atoms with Crippen LogP contribution in [0.5, 0.6) is 0 Å². The van der Waals surface area contributed by atoms with Crippen molar-refractivity contribution in [3.63, 3.8) is 0 Å². The van der Waals surface area contributed by atoms with Gasteiger partial charge in [0.1, 0.15) is 6.33 Å². The van der Waals surface area contributed by atoms with Crippen LogP contribution in [0.15, 0.2) is 61.2 Å². The van der Waals surface area contributed by atoms with Crippen molar-refractivity contribution in [2.45, 2.75) is 13.3 Å². The number of Topliss-reactive ketones (excluding diaryl/α,β-unsaturated/α-hetero) is 1. The van der Waals surface area contributed by atoms with Crippen molar-refractivity contribution in [1.82, 2.24) is 9.97 Å². The third-order valence-electron chi connectivity index (χ3n) is 4.01. The third kappa shape index (κ3) is 4.03. The molecule has 0 fully saturated rings. The van der Waals surface area contributed by atoms with Gasteiger partial charge in [-0.1, -0.05) is 41.4 Å². The summed E-state index contributed by atoms with van der Waals surface area (Å²) in [6, 6.07) is 13.3. The maximum Gasteiger partial charge on any atom is 0.167 e. The van der Waals surface area contributed by atoms with E-state index in [1.165, 1.54) is 6.33 Å². The largest absolute Gasteiger partial charge is 0.341 e. The van der Waals surface area contributed by atoms with Gasteiger partial charge in [0.05, 0.1) is 28.8 Å². The number of halogens is 1. The van der Waals surface area contributed by atoms with Crippen molar-refractivity contribution in [3.05, 3.63) is 82.9 Å². The average molecular weight is 352 g/mol. The molecule has 126 valence electrons. The summed E-state index contributed by atoms with van der Waals surface area (Å²) >= 11 is 6.35. The molecule has 0 atom stereocenters. The summed E-state index contributed by atoms with van der Waals surface area (Å²) in [7, 11) is 1.89. The summed E-state index contributed by atoms with van der Waals surface area (Å²) in [6.07, 6.45) is 5.24. The van der Waals surface area contributed by atoms with Crippen LogP contribution in [0.1, 0.15) is 21.5 Å². The summed E-state index contributed by atoms with van der Waals surface area (Å²) in [4.78, 5) is 22.5. The predicted octanol–water partition coefficient (Wildman–Crippen LogP) is 4.63. The molecular formula is C20H18ClN3O. The highest BCUT2D eigenvalue weighted by molar-refractivity contribution is 6.33. The highest BCUT2D eigenvalue weighted by atomic mass is 35.5. The molecule has 3 aromatic rings. The first-order chi connectivity index (χ1) is 12.0. The van der Waals surface area contributed by atoms with Crippen molar-refractivity contribution in [3.8, 4) is 0 Å².